The largest absolute Gasteiger partial charge is 0.478 e. The summed E-state index contributed by atoms with van der Waals surface area (Å²) < 4.78 is 5.57. The summed E-state index contributed by atoms with van der Waals surface area (Å²) in [5, 5.41) is 0. The van der Waals surface area contributed by atoms with Crippen molar-refractivity contribution in [2.45, 2.75) is 13.3 Å². The average molecular weight is 294 g/mol. The molecule has 0 aliphatic carbocycles. The molecule has 1 amide bonds. The van der Waals surface area contributed by atoms with Crippen molar-refractivity contribution in [1.29, 1.82) is 0 Å². The van der Waals surface area contributed by atoms with E-state index in [2.05, 4.69) is 4.98 Å². The van der Waals surface area contributed by atoms with Crippen LogP contribution in [0.1, 0.15) is 13.3 Å². The first kappa shape index (κ1) is 14.3. The van der Waals surface area contributed by atoms with Crippen LogP contribution in [0.2, 0.25) is 0 Å². The van der Waals surface area contributed by atoms with Crippen molar-refractivity contribution in [2.75, 3.05) is 18.1 Å². The molecular weight excluding hydrogens is 276 g/mol. The van der Waals surface area contributed by atoms with E-state index in [1.54, 1.807) is 17.2 Å². The zero-order chi connectivity index (χ0) is 15.4. The zero-order valence-corrected chi connectivity index (χ0v) is 12.5. The molecule has 0 saturated carbocycles. The van der Waals surface area contributed by atoms with Gasteiger partial charge in [0.05, 0.1) is 6.61 Å². The Labute approximate surface area is 130 Å². The Hall–Kier alpha value is -2.62. The molecule has 2 aromatic rings. The van der Waals surface area contributed by atoms with Gasteiger partial charge in [0, 0.05) is 24.0 Å². The van der Waals surface area contributed by atoms with Crippen LogP contribution in [-0.2, 0) is 4.79 Å². The highest BCUT2D eigenvalue weighted by Crippen LogP contribution is 2.29. The molecule has 2 heterocycles. The highest BCUT2D eigenvalue weighted by Gasteiger charge is 2.16. The van der Waals surface area contributed by atoms with E-state index in [0.29, 0.717) is 12.5 Å². The average Bonchev–Trinajstić information content (AvgIpc) is 2.56. The molecule has 3 rings (SSSR count). The Morgan fingerprint density at radius 1 is 1.23 bits per heavy atom. The van der Waals surface area contributed by atoms with Crippen LogP contribution in [0.25, 0.3) is 11.1 Å². The second-order valence-electron chi connectivity index (χ2n) is 5.02. The van der Waals surface area contributed by atoms with Gasteiger partial charge in [0.25, 0.3) is 5.91 Å². The first-order valence-electron chi connectivity index (χ1n) is 7.46. The van der Waals surface area contributed by atoms with Crippen molar-refractivity contribution < 1.29 is 9.53 Å². The fourth-order valence-corrected chi connectivity index (χ4v) is 2.53. The SMILES string of the molecule is CCOc1ncccc1-c1ccc(N2CCC=CC2=O)cc1. The third kappa shape index (κ3) is 2.86. The lowest BCUT2D eigenvalue weighted by Gasteiger charge is -2.23. The number of hydrogen-bond donors (Lipinski definition) is 0. The molecule has 0 fully saturated rings. The van der Waals surface area contributed by atoms with Gasteiger partial charge in [-0.2, -0.15) is 0 Å². The Morgan fingerprint density at radius 2 is 2.05 bits per heavy atom. The molecule has 1 aliphatic heterocycles. The van der Waals surface area contributed by atoms with Crippen molar-refractivity contribution in [2.24, 2.45) is 0 Å². The number of aromatic nitrogens is 1. The fourth-order valence-electron chi connectivity index (χ4n) is 2.53. The standard InChI is InChI=1S/C18H18N2O2/c1-2-22-18-16(6-5-12-19-18)14-8-10-15(11-9-14)20-13-4-3-7-17(20)21/h3,5-12H,2,4,13H2,1H3. The Morgan fingerprint density at radius 3 is 2.77 bits per heavy atom. The summed E-state index contributed by atoms with van der Waals surface area (Å²) in [7, 11) is 0. The molecule has 0 atom stereocenters. The van der Waals surface area contributed by atoms with Crippen LogP contribution >= 0.6 is 0 Å². The topological polar surface area (TPSA) is 42.4 Å². The first-order valence-corrected chi connectivity index (χ1v) is 7.46. The van der Waals surface area contributed by atoms with Crippen LogP contribution in [-0.4, -0.2) is 24.0 Å². The van der Waals surface area contributed by atoms with Crippen molar-refractivity contribution in [1.82, 2.24) is 4.98 Å². The Kier molecular flexibility index (Phi) is 4.19. The van der Waals surface area contributed by atoms with E-state index in [1.165, 1.54) is 0 Å². The number of carbonyl (C=O) groups excluding carboxylic acids is 1. The third-order valence-electron chi connectivity index (χ3n) is 3.59. The van der Waals surface area contributed by atoms with E-state index in [-0.39, 0.29) is 5.91 Å². The number of ether oxygens (including phenoxy) is 1. The summed E-state index contributed by atoms with van der Waals surface area (Å²) in [5.41, 5.74) is 2.90. The lowest BCUT2D eigenvalue weighted by atomic mass is 10.1. The van der Waals surface area contributed by atoms with Gasteiger partial charge < -0.3 is 9.64 Å². The summed E-state index contributed by atoms with van der Waals surface area (Å²) in [6, 6.07) is 11.8. The van der Waals surface area contributed by atoms with Crippen molar-refractivity contribution >= 4 is 11.6 Å². The maximum Gasteiger partial charge on any atom is 0.250 e. The van der Waals surface area contributed by atoms with E-state index in [4.69, 9.17) is 4.74 Å². The molecule has 0 bridgehead atoms. The minimum absolute atomic E-state index is 0.0374. The molecule has 22 heavy (non-hydrogen) atoms. The smallest absolute Gasteiger partial charge is 0.250 e. The molecule has 4 nitrogen and oxygen atoms in total. The van der Waals surface area contributed by atoms with Crippen LogP contribution < -0.4 is 9.64 Å². The number of rotatable bonds is 4. The number of amides is 1. The van der Waals surface area contributed by atoms with Crippen LogP contribution in [0, 0.1) is 0 Å². The van der Waals surface area contributed by atoms with Gasteiger partial charge in [-0.05, 0) is 49.2 Å². The fraction of sp³-hybridized carbons (Fsp3) is 0.222. The molecule has 1 aromatic heterocycles. The van der Waals surface area contributed by atoms with Gasteiger partial charge in [0.15, 0.2) is 0 Å². The molecule has 4 heteroatoms. The van der Waals surface area contributed by atoms with Crippen LogP contribution in [0.4, 0.5) is 5.69 Å². The Bertz CT molecular complexity index is 692. The highest BCUT2D eigenvalue weighted by atomic mass is 16.5. The number of hydrogen-bond acceptors (Lipinski definition) is 3. The molecule has 1 aromatic carbocycles. The zero-order valence-electron chi connectivity index (χ0n) is 12.5. The van der Waals surface area contributed by atoms with E-state index in [0.717, 1.165) is 29.8 Å². The minimum atomic E-state index is 0.0374. The van der Waals surface area contributed by atoms with Crippen molar-refractivity contribution in [3.05, 3.63) is 54.7 Å². The molecular formula is C18H18N2O2. The number of benzene rings is 1. The second-order valence-corrected chi connectivity index (χ2v) is 5.02. The van der Waals surface area contributed by atoms with Crippen molar-refractivity contribution in [3.63, 3.8) is 0 Å². The second kappa shape index (κ2) is 6.43. The molecule has 1 aliphatic rings. The number of pyridine rings is 1. The lowest BCUT2D eigenvalue weighted by Crippen LogP contribution is -2.32. The highest BCUT2D eigenvalue weighted by molar-refractivity contribution is 6.02. The molecule has 0 unspecified atom stereocenters. The number of nitrogens with zero attached hydrogens (tertiary/aromatic N) is 2. The molecule has 0 spiro atoms. The van der Waals surface area contributed by atoms with Gasteiger partial charge >= 0.3 is 0 Å². The predicted octanol–water partition coefficient (Wildman–Crippen LogP) is 3.44. The first-order chi connectivity index (χ1) is 10.8. The number of carbonyl (C=O) groups is 1. The Balaban J connectivity index is 1.89. The van der Waals surface area contributed by atoms with E-state index in [1.807, 2.05) is 49.4 Å². The van der Waals surface area contributed by atoms with E-state index in [9.17, 15) is 4.79 Å². The van der Waals surface area contributed by atoms with E-state index >= 15 is 0 Å². The number of anilines is 1. The third-order valence-corrected chi connectivity index (χ3v) is 3.59. The summed E-state index contributed by atoms with van der Waals surface area (Å²) >= 11 is 0. The van der Waals surface area contributed by atoms with E-state index < -0.39 is 0 Å². The summed E-state index contributed by atoms with van der Waals surface area (Å²) in [5.74, 6) is 0.671. The maximum absolute atomic E-state index is 11.9. The lowest BCUT2D eigenvalue weighted by molar-refractivity contribution is -0.114. The molecule has 0 saturated heterocycles. The normalized spacial score (nSPS) is 14.2. The quantitative estimate of drug-likeness (QED) is 0.867. The monoisotopic (exact) mass is 294 g/mol. The molecule has 0 radical (unpaired) electrons. The molecule has 112 valence electrons. The maximum atomic E-state index is 11.9. The minimum Gasteiger partial charge on any atom is -0.478 e. The molecule has 0 N–H and O–H groups in total. The van der Waals surface area contributed by atoms with Gasteiger partial charge in [0.2, 0.25) is 5.88 Å². The van der Waals surface area contributed by atoms with Gasteiger partial charge in [-0.25, -0.2) is 4.98 Å². The van der Waals surface area contributed by atoms with Gasteiger partial charge in [-0.1, -0.05) is 18.2 Å². The predicted molar refractivity (Wildman–Crippen MR) is 87.0 cm³/mol. The van der Waals surface area contributed by atoms with Crippen LogP contribution in [0.5, 0.6) is 5.88 Å². The van der Waals surface area contributed by atoms with Gasteiger partial charge in [-0.3, -0.25) is 4.79 Å². The van der Waals surface area contributed by atoms with Crippen molar-refractivity contribution in [3.8, 4) is 17.0 Å². The van der Waals surface area contributed by atoms with Crippen LogP contribution in [0.3, 0.4) is 0 Å². The van der Waals surface area contributed by atoms with Gasteiger partial charge in [-0.15, -0.1) is 0 Å². The van der Waals surface area contributed by atoms with Crippen LogP contribution in [0.15, 0.2) is 54.7 Å². The summed E-state index contributed by atoms with van der Waals surface area (Å²) in [4.78, 5) is 18.0. The van der Waals surface area contributed by atoms with Gasteiger partial charge in [0.1, 0.15) is 0 Å². The summed E-state index contributed by atoms with van der Waals surface area (Å²) in [6.07, 6.45) is 6.16. The summed E-state index contributed by atoms with van der Waals surface area (Å²) in [6.45, 7) is 3.25.